The molecule has 0 rings (SSSR count). The van der Waals surface area contributed by atoms with Crippen molar-refractivity contribution in [3.05, 3.63) is 0 Å². The summed E-state index contributed by atoms with van der Waals surface area (Å²) in [5.41, 5.74) is 0. The van der Waals surface area contributed by atoms with Crippen LogP contribution in [0.25, 0.3) is 0 Å². The second kappa shape index (κ2) is 35.6. The molecule has 0 aliphatic rings. The fourth-order valence-corrected chi connectivity index (χ4v) is 4.60. The van der Waals surface area contributed by atoms with Gasteiger partial charge in [-0.1, -0.05) is 174 Å². The molecule has 0 heterocycles. The second-order valence-electron chi connectivity index (χ2n) is 10.7. The van der Waals surface area contributed by atoms with Crippen molar-refractivity contribution in [2.75, 3.05) is 6.61 Å². The Hall–Kier alpha value is -0.570. The molecule has 0 aliphatic heterocycles. The molecule has 0 saturated carbocycles. The first kappa shape index (κ1) is 36.6. The number of aliphatic carboxylic acids is 1. The lowest BCUT2D eigenvalue weighted by atomic mass is 10.0. The molecule has 0 atom stereocenters. The summed E-state index contributed by atoms with van der Waals surface area (Å²) in [5.74, 6) is -0.657. The Morgan fingerprint density at radius 2 is 0.629 bits per heavy atom. The van der Waals surface area contributed by atoms with Crippen molar-refractivity contribution in [1.29, 1.82) is 0 Å². The smallest absolute Gasteiger partial charge is 0.303 e. The third-order valence-corrected chi connectivity index (χ3v) is 7.01. The molecular weight excluding hydrogens is 432 g/mol. The maximum atomic E-state index is 10.3. The lowest BCUT2D eigenvalue weighted by molar-refractivity contribution is -0.137. The van der Waals surface area contributed by atoms with Gasteiger partial charge in [0.15, 0.2) is 0 Å². The van der Waals surface area contributed by atoms with Crippen molar-refractivity contribution in [1.82, 2.24) is 0 Å². The maximum Gasteiger partial charge on any atom is 0.303 e. The number of carbonyl (C=O) groups is 1. The molecule has 0 saturated heterocycles. The molecule has 0 aromatic heterocycles. The third-order valence-electron chi connectivity index (χ3n) is 7.01. The Balaban J connectivity index is 0. The third kappa shape index (κ3) is 40.9. The van der Waals surface area contributed by atoms with Gasteiger partial charge in [-0.25, -0.2) is 0 Å². The van der Waals surface area contributed by atoms with Crippen LogP contribution >= 0.6 is 0 Å². The molecule has 212 valence electrons. The summed E-state index contributed by atoms with van der Waals surface area (Å²) < 4.78 is 0. The van der Waals surface area contributed by atoms with Gasteiger partial charge in [0.1, 0.15) is 0 Å². The summed E-state index contributed by atoms with van der Waals surface area (Å²) in [6.07, 6.45) is 36.5. The van der Waals surface area contributed by atoms with E-state index >= 15 is 0 Å². The monoisotopic (exact) mass is 499 g/mol. The summed E-state index contributed by atoms with van der Waals surface area (Å²) in [6, 6.07) is 0. The van der Waals surface area contributed by atoms with Crippen LogP contribution in [0.3, 0.4) is 0 Å². The Morgan fingerprint density at radius 1 is 0.400 bits per heavy atom. The largest absolute Gasteiger partial charge is 0.481 e. The number of hydrogen-bond acceptors (Lipinski definition) is 2. The molecule has 0 aliphatic carbocycles. The van der Waals surface area contributed by atoms with Crippen molar-refractivity contribution < 1.29 is 15.0 Å². The van der Waals surface area contributed by atoms with Crippen molar-refractivity contribution in [2.45, 2.75) is 194 Å². The van der Waals surface area contributed by atoms with Gasteiger partial charge in [-0.3, -0.25) is 4.79 Å². The highest BCUT2D eigenvalue weighted by molar-refractivity contribution is 5.66. The molecule has 0 unspecified atom stereocenters. The number of carboxylic acids is 1. The van der Waals surface area contributed by atoms with Gasteiger partial charge in [-0.05, 0) is 12.8 Å². The van der Waals surface area contributed by atoms with Crippen LogP contribution in [0.4, 0.5) is 0 Å². The van der Waals surface area contributed by atoms with E-state index in [1.54, 1.807) is 0 Å². The quantitative estimate of drug-likeness (QED) is 0.105. The molecule has 0 aromatic carbocycles. The molecule has 0 amide bonds. The average molecular weight is 499 g/mol. The standard InChI is InChI=1S/C18H38O.C14H28O2/c1-2-3-4-5-6-7-8-9-10-11-12-13-14-15-16-17-18-19;1-2-3-4-5-6-7-8-9-10-11-12-13-14(15)16/h19H,2-18H2,1H3;2-13H2,1H3,(H,15,16). The van der Waals surface area contributed by atoms with Crippen molar-refractivity contribution >= 4 is 5.97 Å². The van der Waals surface area contributed by atoms with Gasteiger partial charge in [-0.15, -0.1) is 0 Å². The predicted molar refractivity (Wildman–Crippen MR) is 155 cm³/mol. The minimum Gasteiger partial charge on any atom is -0.481 e. The summed E-state index contributed by atoms with van der Waals surface area (Å²) in [5, 5.41) is 17.1. The Kier molecular flexibility index (Phi) is 37.2. The lowest BCUT2D eigenvalue weighted by Crippen LogP contribution is -1.93. The van der Waals surface area contributed by atoms with Crippen LogP contribution in [-0.4, -0.2) is 22.8 Å². The summed E-state index contributed by atoms with van der Waals surface area (Å²) >= 11 is 0. The highest BCUT2D eigenvalue weighted by Gasteiger charge is 1.97. The van der Waals surface area contributed by atoms with E-state index in [2.05, 4.69) is 13.8 Å². The summed E-state index contributed by atoms with van der Waals surface area (Å²) in [7, 11) is 0. The van der Waals surface area contributed by atoms with Gasteiger partial charge >= 0.3 is 5.97 Å². The normalized spacial score (nSPS) is 10.8. The molecule has 2 N–H and O–H groups in total. The molecule has 0 aromatic rings. The minimum atomic E-state index is -0.657. The van der Waals surface area contributed by atoms with Gasteiger partial charge in [-0.2, -0.15) is 0 Å². The van der Waals surface area contributed by atoms with E-state index in [4.69, 9.17) is 10.2 Å². The Labute approximate surface area is 221 Å². The molecule has 0 fully saturated rings. The fraction of sp³-hybridized carbons (Fsp3) is 0.969. The fourth-order valence-electron chi connectivity index (χ4n) is 4.60. The molecule has 3 nitrogen and oxygen atoms in total. The average Bonchev–Trinajstić information content (AvgIpc) is 2.85. The zero-order valence-corrected chi connectivity index (χ0v) is 24.3. The highest BCUT2D eigenvalue weighted by Crippen LogP contribution is 2.14. The van der Waals surface area contributed by atoms with Crippen LogP contribution in [0.5, 0.6) is 0 Å². The lowest BCUT2D eigenvalue weighted by Gasteiger charge is -2.03. The van der Waals surface area contributed by atoms with Gasteiger partial charge in [0, 0.05) is 13.0 Å². The Bertz CT molecular complexity index is 354. The molecule has 0 spiro atoms. The number of rotatable bonds is 28. The number of aliphatic hydroxyl groups is 1. The molecule has 0 bridgehead atoms. The molecular formula is C32H66O3. The second-order valence-corrected chi connectivity index (χ2v) is 10.7. The zero-order chi connectivity index (χ0) is 26.1. The van der Waals surface area contributed by atoms with E-state index < -0.39 is 5.97 Å². The van der Waals surface area contributed by atoms with Crippen molar-refractivity contribution in [2.24, 2.45) is 0 Å². The number of carboxylic acid groups (broad SMARTS) is 1. The first-order chi connectivity index (χ1) is 17.2. The van der Waals surface area contributed by atoms with Gasteiger partial charge in [0.05, 0.1) is 0 Å². The molecule has 0 radical (unpaired) electrons. The van der Waals surface area contributed by atoms with Crippen LogP contribution in [0, 0.1) is 0 Å². The molecule has 3 heteroatoms. The Morgan fingerprint density at radius 3 is 0.857 bits per heavy atom. The van der Waals surface area contributed by atoms with Crippen molar-refractivity contribution in [3.8, 4) is 0 Å². The van der Waals surface area contributed by atoms with Gasteiger partial charge < -0.3 is 10.2 Å². The van der Waals surface area contributed by atoms with Crippen LogP contribution in [0.15, 0.2) is 0 Å². The van der Waals surface area contributed by atoms with E-state index in [1.807, 2.05) is 0 Å². The van der Waals surface area contributed by atoms with Crippen molar-refractivity contribution in [3.63, 3.8) is 0 Å². The van der Waals surface area contributed by atoms with Crippen LogP contribution < -0.4 is 0 Å². The zero-order valence-electron chi connectivity index (χ0n) is 24.3. The minimum absolute atomic E-state index is 0.344. The maximum absolute atomic E-state index is 10.3. The first-order valence-corrected chi connectivity index (χ1v) is 16.0. The topological polar surface area (TPSA) is 57.5 Å². The number of unbranched alkanes of at least 4 members (excludes halogenated alkanes) is 25. The summed E-state index contributed by atoms with van der Waals surface area (Å²) in [6.45, 7) is 4.90. The molecule has 35 heavy (non-hydrogen) atoms. The predicted octanol–water partition coefficient (Wildman–Crippen LogP) is 11.0. The SMILES string of the molecule is CCCCCCCCCCCCCC(=O)O.CCCCCCCCCCCCCCCCCCO. The van der Waals surface area contributed by atoms with Gasteiger partial charge in [0.25, 0.3) is 0 Å². The van der Waals surface area contributed by atoms with E-state index in [-0.39, 0.29) is 0 Å². The summed E-state index contributed by atoms with van der Waals surface area (Å²) in [4.78, 5) is 10.3. The number of aliphatic hydroxyl groups excluding tert-OH is 1. The van der Waals surface area contributed by atoms with Crippen LogP contribution in [0.1, 0.15) is 194 Å². The van der Waals surface area contributed by atoms with Crippen LogP contribution in [0.2, 0.25) is 0 Å². The highest BCUT2D eigenvalue weighted by atomic mass is 16.4. The van der Waals surface area contributed by atoms with Gasteiger partial charge in [0.2, 0.25) is 0 Å². The number of hydrogen-bond donors (Lipinski definition) is 2. The first-order valence-electron chi connectivity index (χ1n) is 16.0. The van der Waals surface area contributed by atoms with E-state index in [0.717, 1.165) is 19.3 Å². The van der Waals surface area contributed by atoms with E-state index in [9.17, 15) is 4.79 Å². The van der Waals surface area contributed by atoms with Crippen LogP contribution in [-0.2, 0) is 4.79 Å². The van der Waals surface area contributed by atoms with E-state index in [1.165, 1.54) is 154 Å². The van der Waals surface area contributed by atoms with E-state index in [0.29, 0.717) is 13.0 Å².